The number of carboxylic acids is 1. The number of amides is 2. The molecule has 0 aliphatic rings. The molecule has 116 valence electrons. The van der Waals surface area contributed by atoms with Crippen molar-refractivity contribution in [3.05, 3.63) is 29.8 Å². The Bertz CT molecular complexity index is 499. The number of aliphatic carboxylic acids is 1. The second-order valence-electron chi connectivity index (χ2n) is 5.40. The summed E-state index contributed by atoms with van der Waals surface area (Å²) < 4.78 is 0. The van der Waals surface area contributed by atoms with Crippen molar-refractivity contribution in [3.8, 4) is 0 Å². The summed E-state index contributed by atoms with van der Waals surface area (Å²) in [6, 6.07) is 7.17. The molecule has 0 aromatic heterocycles. The molecule has 1 aromatic carbocycles. The second kappa shape index (κ2) is 7.11. The Kier molecular flexibility index (Phi) is 5.76. The van der Waals surface area contributed by atoms with Crippen molar-refractivity contribution in [2.24, 2.45) is 0 Å². The SMILES string of the molecule is CCCC(C)(NC(=O)N(CC)c1ccc(C)cc1)C(=O)O. The summed E-state index contributed by atoms with van der Waals surface area (Å²) in [6.07, 6.45) is 1.07. The first-order valence-corrected chi connectivity index (χ1v) is 7.23. The van der Waals surface area contributed by atoms with Gasteiger partial charge in [0, 0.05) is 12.2 Å². The third-order valence-corrected chi connectivity index (χ3v) is 3.51. The maximum absolute atomic E-state index is 12.4. The van der Waals surface area contributed by atoms with E-state index in [1.807, 2.05) is 45.0 Å². The van der Waals surface area contributed by atoms with Crippen LogP contribution in [0.4, 0.5) is 10.5 Å². The fraction of sp³-hybridized carbons (Fsp3) is 0.500. The summed E-state index contributed by atoms with van der Waals surface area (Å²) in [6.45, 7) is 7.74. The van der Waals surface area contributed by atoms with Gasteiger partial charge in [-0.25, -0.2) is 9.59 Å². The normalized spacial score (nSPS) is 13.3. The van der Waals surface area contributed by atoms with E-state index in [-0.39, 0.29) is 6.03 Å². The summed E-state index contributed by atoms with van der Waals surface area (Å²) >= 11 is 0. The lowest BCUT2D eigenvalue weighted by molar-refractivity contribution is -0.144. The molecule has 0 radical (unpaired) electrons. The van der Waals surface area contributed by atoms with E-state index in [2.05, 4.69) is 5.32 Å². The number of carbonyl (C=O) groups excluding carboxylic acids is 1. The number of nitrogens with one attached hydrogen (secondary N) is 1. The van der Waals surface area contributed by atoms with Crippen LogP contribution in [0.5, 0.6) is 0 Å². The van der Waals surface area contributed by atoms with Gasteiger partial charge in [0.1, 0.15) is 5.54 Å². The maximum Gasteiger partial charge on any atom is 0.329 e. The molecule has 5 heteroatoms. The Balaban J connectivity index is 2.93. The average Bonchev–Trinajstić information content (AvgIpc) is 2.41. The molecule has 1 atom stereocenters. The summed E-state index contributed by atoms with van der Waals surface area (Å²) in [5.41, 5.74) is 0.616. The minimum atomic E-state index is -1.25. The van der Waals surface area contributed by atoms with Gasteiger partial charge in [0.2, 0.25) is 0 Å². The van der Waals surface area contributed by atoms with Gasteiger partial charge in [-0.3, -0.25) is 4.90 Å². The quantitative estimate of drug-likeness (QED) is 0.846. The van der Waals surface area contributed by atoms with Crippen LogP contribution in [-0.4, -0.2) is 29.2 Å². The molecule has 0 spiro atoms. The predicted octanol–water partition coefficient (Wildman–Crippen LogP) is 3.17. The van der Waals surface area contributed by atoms with Crippen molar-refractivity contribution >= 4 is 17.7 Å². The molecule has 0 saturated heterocycles. The fourth-order valence-corrected chi connectivity index (χ4v) is 2.19. The number of anilines is 1. The van der Waals surface area contributed by atoms with E-state index in [4.69, 9.17) is 0 Å². The first-order valence-electron chi connectivity index (χ1n) is 7.23. The number of carboxylic acid groups (broad SMARTS) is 1. The summed E-state index contributed by atoms with van der Waals surface area (Å²) in [5, 5.41) is 12.0. The number of hydrogen-bond donors (Lipinski definition) is 2. The Morgan fingerprint density at radius 3 is 2.24 bits per heavy atom. The van der Waals surface area contributed by atoms with Crippen molar-refractivity contribution in [2.75, 3.05) is 11.4 Å². The van der Waals surface area contributed by atoms with Crippen molar-refractivity contribution in [1.29, 1.82) is 0 Å². The molecule has 0 fully saturated rings. The largest absolute Gasteiger partial charge is 0.480 e. The highest BCUT2D eigenvalue weighted by Gasteiger charge is 2.35. The van der Waals surface area contributed by atoms with Gasteiger partial charge >= 0.3 is 12.0 Å². The van der Waals surface area contributed by atoms with Crippen LogP contribution >= 0.6 is 0 Å². The molecule has 5 nitrogen and oxygen atoms in total. The summed E-state index contributed by atoms with van der Waals surface area (Å²) in [4.78, 5) is 25.3. The molecule has 2 N–H and O–H groups in total. The molecule has 1 aromatic rings. The Morgan fingerprint density at radius 2 is 1.81 bits per heavy atom. The molecule has 0 aliphatic heterocycles. The van der Waals surface area contributed by atoms with Gasteiger partial charge in [-0.05, 0) is 39.3 Å². The number of aryl methyl sites for hydroxylation is 1. The van der Waals surface area contributed by atoms with Crippen LogP contribution in [0.1, 0.15) is 39.2 Å². The van der Waals surface area contributed by atoms with Crippen molar-refractivity contribution in [3.63, 3.8) is 0 Å². The van der Waals surface area contributed by atoms with Crippen LogP contribution in [0.15, 0.2) is 24.3 Å². The molecule has 21 heavy (non-hydrogen) atoms. The fourth-order valence-electron chi connectivity index (χ4n) is 2.19. The Morgan fingerprint density at radius 1 is 1.24 bits per heavy atom. The van der Waals surface area contributed by atoms with Gasteiger partial charge < -0.3 is 10.4 Å². The summed E-state index contributed by atoms with van der Waals surface area (Å²) in [5.74, 6) is -1.02. The van der Waals surface area contributed by atoms with Crippen molar-refractivity contribution in [2.45, 2.75) is 46.1 Å². The third kappa shape index (κ3) is 4.21. The molecule has 0 saturated carbocycles. The number of hydrogen-bond acceptors (Lipinski definition) is 2. The van der Waals surface area contributed by atoms with Gasteiger partial charge in [0.25, 0.3) is 0 Å². The molecular weight excluding hydrogens is 268 g/mol. The average molecular weight is 292 g/mol. The number of carbonyl (C=O) groups is 2. The second-order valence-corrected chi connectivity index (χ2v) is 5.40. The molecule has 2 amide bonds. The molecule has 1 rings (SSSR count). The van der Waals surface area contributed by atoms with E-state index in [9.17, 15) is 14.7 Å². The lowest BCUT2D eigenvalue weighted by Gasteiger charge is -2.30. The number of urea groups is 1. The van der Waals surface area contributed by atoms with Gasteiger partial charge in [-0.1, -0.05) is 31.0 Å². The molecule has 1 unspecified atom stereocenters. The van der Waals surface area contributed by atoms with Gasteiger partial charge in [0.15, 0.2) is 0 Å². The molecular formula is C16H24N2O3. The molecule has 0 bridgehead atoms. The van der Waals surface area contributed by atoms with Crippen molar-refractivity contribution in [1.82, 2.24) is 5.32 Å². The lowest BCUT2D eigenvalue weighted by atomic mass is 9.96. The zero-order valence-electron chi connectivity index (χ0n) is 13.1. The van der Waals surface area contributed by atoms with Gasteiger partial charge in [0.05, 0.1) is 0 Å². The predicted molar refractivity (Wildman–Crippen MR) is 83.7 cm³/mol. The minimum absolute atomic E-state index is 0.388. The zero-order valence-corrected chi connectivity index (χ0v) is 13.1. The van der Waals surface area contributed by atoms with E-state index in [1.165, 1.54) is 4.90 Å². The van der Waals surface area contributed by atoms with Gasteiger partial charge in [-0.2, -0.15) is 0 Å². The maximum atomic E-state index is 12.4. The van der Waals surface area contributed by atoms with Crippen LogP contribution in [0, 0.1) is 6.92 Å². The Labute approximate surface area is 126 Å². The van der Waals surface area contributed by atoms with Gasteiger partial charge in [-0.15, -0.1) is 0 Å². The lowest BCUT2D eigenvalue weighted by Crippen LogP contribution is -2.56. The first kappa shape index (κ1) is 17.0. The molecule has 0 heterocycles. The standard InChI is InChI=1S/C16H24N2O3/c1-5-11-16(4,14(19)20)17-15(21)18(6-2)13-9-7-12(3)8-10-13/h7-10H,5-6,11H2,1-4H3,(H,17,21)(H,19,20). The number of benzene rings is 1. The minimum Gasteiger partial charge on any atom is -0.480 e. The number of nitrogens with zero attached hydrogens (tertiary/aromatic N) is 1. The van der Waals surface area contributed by atoms with Crippen molar-refractivity contribution < 1.29 is 14.7 Å². The first-order chi connectivity index (χ1) is 9.84. The van der Waals surface area contributed by atoms with E-state index < -0.39 is 11.5 Å². The van der Waals surface area contributed by atoms with E-state index in [0.29, 0.717) is 19.4 Å². The highest BCUT2D eigenvalue weighted by molar-refractivity contribution is 5.95. The molecule has 0 aliphatic carbocycles. The third-order valence-electron chi connectivity index (χ3n) is 3.51. The van der Waals surface area contributed by atoms with Crippen LogP contribution in [0.3, 0.4) is 0 Å². The smallest absolute Gasteiger partial charge is 0.329 e. The highest BCUT2D eigenvalue weighted by atomic mass is 16.4. The van der Waals surface area contributed by atoms with E-state index >= 15 is 0 Å². The zero-order chi connectivity index (χ0) is 16.0. The Hall–Kier alpha value is -2.04. The van der Waals surface area contributed by atoms with Crippen LogP contribution in [0.2, 0.25) is 0 Å². The van der Waals surface area contributed by atoms with Crippen LogP contribution < -0.4 is 10.2 Å². The monoisotopic (exact) mass is 292 g/mol. The highest BCUT2D eigenvalue weighted by Crippen LogP contribution is 2.18. The topological polar surface area (TPSA) is 69.6 Å². The summed E-state index contributed by atoms with van der Waals surface area (Å²) in [7, 11) is 0. The number of rotatable bonds is 6. The van der Waals surface area contributed by atoms with E-state index in [0.717, 1.165) is 11.3 Å². The van der Waals surface area contributed by atoms with Crippen LogP contribution in [0.25, 0.3) is 0 Å². The van der Waals surface area contributed by atoms with E-state index in [1.54, 1.807) is 6.92 Å². The van der Waals surface area contributed by atoms with Crippen LogP contribution in [-0.2, 0) is 4.79 Å².